The number of hydrogen-bond donors (Lipinski definition) is 0. The minimum atomic E-state index is 0. The minimum Gasteiger partial charge on any atom is -1.00 e. The molecule has 0 aromatic carbocycles. The molecule has 1 aliphatic rings. The highest BCUT2D eigenvalue weighted by molar-refractivity contribution is 7.10. The van der Waals surface area contributed by atoms with Crippen LogP contribution in [0.4, 0.5) is 0 Å². The Morgan fingerprint density at radius 3 is 3.00 bits per heavy atom. The largest absolute Gasteiger partial charge is 1.00 e. The number of nitrogens with zero attached hydrogens (tertiary/aromatic N) is 4. The molecule has 6 heteroatoms. The zero-order chi connectivity index (χ0) is 13.1. The summed E-state index contributed by atoms with van der Waals surface area (Å²) in [6.07, 6.45) is 6.38. The lowest BCUT2D eigenvalue weighted by Crippen LogP contribution is -3.00. The van der Waals surface area contributed by atoms with Gasteiger partial charge in [-0.05, 0) is 30.4 Å². The predicted octanol–water partition coefficient (Wildman–Crippen LogP) is 0.134. The summed E-state index contributed by atoms with van der Waals surface area (Å²) in [5, 5.41) is 19.8. The van der Waals surface area contributed by atoms with Crippen LogP contribution < -0.4 is 17.0 Å². The number of halogens is 1. The average molecular weight is 350 g/mol. The second-order valence-corrected chi connectivity index (χ2v) is 5.57. The third kappa shape index (κ3) is 3.00. The minimum absolute atomic E-state index is 0. The summed E-state index contributed by atoms with van der Waals surface area (Å²) in [6, 6.07) is 6.24. The molecule has 0 bridgehead atoms. The van der Waals surface area contributed by atoms with Crippen LogP contribution >= 0.6 is 11.3 Å². The molecule has 20 heavy (non-hydrogen) atoms. The fraction of sp³-hybridized carbons (Fsp3) is 0.357. The number of thiophene rings is 1. The van der Waals surface area contributed by atoms with Gasteiger partial charge in [-0.25, -0.2) is 0 Å². The van der Waals surface area contributed by atoms with Gasteiger partial charge in [0.1, 0.15) is 11.9 Å². The van der Waals surface area contributed by atoms with E-state index in [1.54, 1.807) is 11.3 Å². The molecular formula is C14H14BrN4S-. The van der Waals surface area contributed by atoms with E-state index in [1.165, 1.54) is 6.42 Å². The van der Waals surface area contributed by atoms with Gasteiger partial charge in [0.05, 0.1) is 5.57 Å². The van der Waals surface area contributed by atoms with Crippen molar-refractivity contribution in [3.05, 3.63) is 34.0 Å². The van der Waals surface area contributed by atoms with E-state index in [1.807, 2.05) is 23.6 Å². The Labute approximate surface area is 132 Å². The molecule has 0 saturated carbocycles. The Balaban J connectivity index is 0.00000147. The van der Waals surface area contributed by atoms with E-state index in [-0.39, 0.29) is 17.0 Å². The molecule has 4 nitrogen and oxygen atoms in total. The number of fused-ring (bicyclic) bond motifs is 1. The van der Waals surface area contributed by atoms with Crippen LogP contribution in [0.5, 0.6) is 0 Å². The standard InChI is InChI=1S/C14H14N4S.BrH/c15-10-11(9-12-5-4-8-19-12)14-17-16-13-6-2-1-3-7-18(13)14;/h4-5,8-9H,1-3,6-7H2;1H/p-1/b11-9-;. The van der Waals surface area contributed by atoms with E-state index in [0.29, 0.717) is 11.4 Å². The third-order valence-corrected chi connectivity index (χ3v) is 4.12. The van der Waals surface area contributed by atoms with Crippen molar-refractivity contribution >= 4 is 23.0 Å². The number of allylic oxidation sites excluding steroid dienone is 1. The second kappa shape index (κ2) is 6.82. The summed E-state index contributed by atoms with van der Waals surface area (Å²) >= 11 is 1.62. The second-order valence-electron chi connectivity index (χ2n) is 4.59. The van der Waals surface area contributed by atoms with Gasteiger partial charge in [0.15, 0.2) is 5.82 Å². The van der Waals surface area contributed by atoms with Crippen LogP contribution in [0.2, 0.25) is 0 Å². The maximum absolute atomic E-state index is 9.37. The first kappa shape index (κ1) is 14.9. The molecule has 0 spiro atoms. The van der Waals surface area contributed by atoms with Gasteiger partial charge < -0.3 is 21.5 Å². The molecule has 1 aliphatic heterocycles. The van der Waals surface area contributed by atoms with Gasteiger partial charge in [-0.15, -0.1) is 21.5 Å². The Morgan fingerprint density at radius 1 is 1.35 bits per heavy atom. The Kier molecular flexibility index (Phi) is 5.10. The quantitative estimate of drug-likeness (QED) is 0.724. The van der Waals surface area contributed by atoms with Gasteiger partial charge in [0.25, 0.3) is 0 Å². The number of nitriles is 1. The van der Waals surface area contributed by atoms with Crippen molar-refractivity contribution in [3.63, 3.8) is 0 Å². The number of aryl methyl sites for hydroxylation is 1. The molecule has 2 aromatic rings. The summed E-state index contributed by atoms with van der Waals surface area (Å²) in [5.74, 6) is 1.73. The summed E-state index contributed by atoms with van der Waals surface area (Å²) in [7, 11) is 0. The molecule has 104 valence electrons. The topological polar surface area (TPSA) is 54.5 Å². The summed E-state index contributed by atoms with van der Waals surface area (Å²) in [4.78, 5) is 1.07. The van der Waals surface area contributed by atoms with Crippen molar-refractivity contribution in [1.82, 2.24) is 14.8 Å². The van der Waals surface area contributed by atoms with Crippen LogP contribution in [0.1, 0.15) is 35.8 Å². The lowest BCUT2D eigenvalue weighted by Gasteiger charge is -2.05. The number of rotatable bonds is 2. The normalized spacial score (nSPS) is 14.8. The van der Waals surface area contributed by atoms with Crippen molar-refractivity contribution in [2.24, 2.45) is 0 Å². The molecular weight excluding hydrogens is 336 g/mol. The van der Waals surface area contributed by atoms with Crippen LogP contribution in [-0.4, -0.2) is 14.8 Å². The van der Waals surface area contributed by atoms with Crippen molar-refractivity contribution in [2.75, 3.05) is 0 Å². The molecule has 2 aromatic heterocycles. The van der Waals surface area contributed by atoms with Crippen LogP contribution in [0, 0.1) is 11.3 Å². The summed E-state index contributed by atoms with van der Waals surface area (Å²) in [6.45, 7) is 0.918. The average Bonchev–Trinajstić information content (AvgIpc) is 3.01. The highest BCUT2D eigenvalue weighted by Gasteiger charge is 2.17. The summed E-state index contributed by atoms with van der Waals surface area (Å²) < 4.78 is 2.11. The van der Waals surface area contributed by atoms with E-state index in [4.69, 9.17) is 0 Å². The van der Waals surface area contributed by atoms with Gasteiger partial charge in [0, 0.05) is 17.8 Å². The molecule has 0 N–H and O–H groups in total. The van der Waals surface area contributed by atoms with Gasteiger partial charge in [-0.3, -0.25) is 0 Å². The maximum atomic E-state index is 9.37. The summed E-state index contributed by atoms with van der Waals surface area (Å²) in [5.41, 5.74) is 0.600. The first-order valence-electron chi connectivity index (χ1n) is 6.46. The first-order chi connectivity index (χ1) is 9.38. The van der Waals surface area contributed by atoms with Gasteiger partial charge >= 0.3 is 0 Å². The van der Waals surface area contributed by atoms with Crippen LogP contribution in [0.25, 0.3) is 11.6 Å². The van der Waals surface area contributed by atoms with E-state index in [9.17, 15) is 5.26 Å². The molecule has 3 rings (SSSR count). The van der Waals surface area contributed by atoms with Gasteiger partial charge in [-0.2, -0.15) is 5.26 Å². The van der Waals surface area contributed by atoms with Crippen molar-refractivity contribution in [1.29, 1.82) is 5.26 Å². The molecule has 0 amide bonds. The highest BCUT2D eigenvalue weighted by Crippen LogP contribution is 2.22. The lowest BCUT2D eigenvalue weighted by atomic mass is 10.2. The van der Waals surface area contributed by atoms with Crippen molar-refractivity contribution in [2.45, 2.75) is 32.2 Å². The Morgan fingerprint density at radius 2 is 2.25 bits per heavy atom. The molecule has 3 heterocycles. The van der Waals surface area contributed by atoms with E-state index >= 15 is 0 Å². The predicted molar refractivity (Wildman–Crippen MR) is 75.4 cm³/mol. The third-order valence-electron chi connectivity index (χ3n) is 3.30. The Hall–Kier alpha value is -1.45. The van der Waals surface area contributed by atoms with Crippen molar-refractivity contribution in [3.8, 4) is 6.07 Å². The van der Waals surface area contributed by atoms with E-state index < -0.39 is 0 Å². The zero-order valence-corrected chi connectivity index (χ0v) is 13.3. The van der Waals surface area contributed by atoms with Crippen LogP contribution in [0.3, 0.4) is 0 Å². The maximum Gasteiger partial charge on any atom is 0.174 e. The Bertz CT molecular complexity index is 637. The molecule has 0 fully saturated rings. The fourth-order valence-corrected chi connectivity index (χ4v) is 3.00. The van der Waals surface area contributed by atoms with Crippen LogP contribution in [0.15, 0.2) is 17.5 Å². The monoisotopic (exact) mass is 349 g/mol. The lowest BCUT2D eigenvalue weighted by molar-refractivity contribution is -0.00000410. The molecule has 0 aliphatic carbocycles. The first-order valence-corrected chi connectivity index (χ1v) is 7.34. The molecule has 0 radical (unpaired) electrons. The fourth-order valence-electron chi connectivity index (χ4n) is 2.35. The smallest absolute Gasteiger partial charge is 0.174 e. The molecule has 0 atom stereocenters. The number of aromatic nitrogens is 3. The number of hydrogen-bond acceptors (Lipinski definition) is 4. The zero-order valence-electron chi connectivity index (χ0n) is 10.9. The van der Waals surface area contributed by atoms with E-state index in [0.717, 1.165) is 36.5 Å². The molecule has 0 saturated heterocycles. The van der Waals surface area contributed by atoms with Gasteiger partial charge in [-0.1, -0.05) is 12.5 Å². The SMILES string of the molecule is N#C/C(=C/c1cccs1)c1nnc2n1CCCCC2.[Br-]. The molecule has 0 unspecified atom stereocenters. The highest BCUT2D eigenvalue weighted by atomic mass is 79.9. The van der Waals surface area contributed by atoms with Crippen LogP contribution in [-0.2, 0) is 13.0 Å². The van der Waals surface area contributed by atoms with E-state index in [2.05, 4.69) is 20.8 Å². The van der Waals surface area contributed by atoms with Gasteiger partial charge in [0.2, 0.25) is 0 Å². The van der Waals surface area contributed by atoms with Crippen molar-refractivity contribution < 1.29 is 17.0 Å².